The van der Waals surface area contributed by atoms with Crippen LogP contribution in [0.5, 0.6) is 0 Å². The van der Waals surface area contributed by atoms with Gasteiger partial charge in [-0.05, 0) is 65.8 Å². The molecule has 0 aromatic carbocycles. The van der Waals surface area contributed by atoms with E-state index in [1.807, 2.05) is 0 Å². The summed E-state index contributed by atoms with van der Waals surface area (Å²) in [5.74, 6) is 0.899. The van der Waals surface area contributed by atoms with Gasteiger partial charge in [0.2, 0.25) is 0 Å². The quantitative estimate of drug-likeness (QED) is 0.800. The molecule has 2 rings (SSSR count). The first-order valence-electron chi connectivity index (χ1n) is 7.26. The van der Waals surface area contributed by atoms with Gasteiger partial charge in [0.25, 0.3) is 0 Å². The molecule has 0 bridgehead atoms. The number of piperidine rings is 1. The number of rotatable bonds is 4. The molecule has 2 unspecified atom stereocenters. The SMILES string of the molecule is CNC1CCCC1CN1CCC(N(C)C)CC1. The van der Waals surface area contributed by atoms with E-state index >= 15 is 0 Å². The fourth-order valence-corrected chi connectivity index (χ4v) is 3.59. The maximum absolute atomic E-state index is 3.50. The van der Waals surface area contributed by atoms with Crippen LogP contribution in [0.3, 0.4) is 0 Å². The second kappa shape index (κ2) is 6.17. The molecule has 3 nitrogen and oxygen atoms in total. The van der Waals surface area contributed by atoms with E-state index in [1.165, 1.54) is 51.7 Å². The molecule has 2 aliphatic rings. The van der Waals surface area contributed by atoms with E-state index in [2.05, 4.69) is 36.3 Å². The Morgan fingerprint density at radius 2 is 1.82 bits per heavy atom. The van der Waals surface area contributed by atoms with Crippen LogP contribution in [0, 0.1) is 5.92 Å². The fraction of sp³-hybridized carbons (Fsp3) is 1.00. The molecule has 1 heterocycles. The third kappa shape index (κ3) is 3.43. The molecule has 2 fully saturated rings. The Kier molecular flexibility index (Phi) is 4.83. The first kappa shape index (κ1) is 13.3. The topological polar surface area (TPSA) is 18.5 Å². The minimum Gasteiger partial charge on any atom is -0.317 e. The number of nitrogens with zero attached hydrogens (tertiary/aromatic N) is 2. The van der Waals surface area contributed by atoms with E-state index in [0.29, 0.717) is 0 Å². The van der Waals surface area contributed by atoms with E-state index in [1.54, 1.807) is 0 Å². The van der Waals surface area contributed by atoms with Crippen molar-refractivity contribution in [3.8, 4) is 0 Å². The molecule has 1 saturated carbocycles. The summed E-state index contributed by atoms with van der Waals surface area (Å²) in [6, 6.07) is 1.59. The molecule has 1 saturated heterocycles. The Bertz CT molecular complexity index is 222. The van der Waals surface area contributed by atoms with Gasteiger partial charge in [-0.1, -0.05) is 6.42 Å². The summed E-state index contributed by atoms with van der Waals surface area (Å²) in [7, 11) is 6.56. The number of hydrogen-bond donors (Lipinski definition) is 1. The molecule has 0 amide bonds. The van der Waals surface area contributed by atoms with Gasteiger partial charge in [-0.2, -0.15) is 0 Å². The summed E-state index contributed by atoms with van der Waals surface area (Å²) in [5.41, 5.74) is 0. The average Bonchev–Trinajstić information content (AvgIpc) is 2.77. The molecule has 1 N–H and O–H groups in total. The zero-order chi connectivity index (χ0) is 12.3. The van der Waals surface area contributed by atoms with Crippen molar-refractivity contribution in [1.29, 1.82) is 0 Å². The molecule has 0 radical (unpaired) electrons. The molecule has 1 aliphatic heterocycles. The van der Waals surface area contributed by atoms with Gasteiger partial charge < -0.3 is 15.1 Å². The molecule has 3 heteroatoms. The van der Waals surface area contributed by atoms with E-state index < -0.39 is 0 Å². The van der Waals surface area contributed by atoms with Gasteiger partial charge in [-0.15, -0.1) is 0 Å². The lowest BCUT2D eigenvalue weighted by atomic mass is 9.99. The minimum absolute atomic E-state index is 0.779. The summed E-state index contributed by atoms with van der Waals surface area (Å²) >= 11 is 0. The lowest BCUT2D eigenvalue weighted by Gasteiger charge is -2.37. The van der Waals surface area contributed by atoms with Crippen LogP contribution in [-0.4, -0.2) is 62.7 Å². The van der Waals surface area contributed by atoms with Gasteiger partial charge in [0.15, 0.2) is 0 Å². The van der Waals surface area contributed by atoms with Crippen LogP contribution in [0.25, 0.3) is 0 Å². The van der Waals surface area contributed by atoms with Crippen molar-refractivity contribution in [1.82, 2.24) is 15.1 Å². The average molecular weight is 239 g/mol. The van der Waals surface area contributed by atoms with E-state index in [9.17, 15) is 0 Å². The summed E-state index contributed by atoms with van der Waals surface area (Å²) in [6.45, 7) is 3.93. The highest BCUT2D eigenvalue weighted by Gasteiger charge is 2.29. The van der Waals surface area contributed by atoms with Crippen LogP contribution >= 0.6 is 0 Å². The van der Waals surface area contributed by atoms with Crippen molar-refractivity contribution in [3.63, 3.8) is 0 Å². The van der Waals surface area contributed by atoms with Crippen LogP contribution in [0.1, 0.15) is 32.1 Å². The van der Waals surface area contributed by atoms with E-state index in [-0.39, 0.29) is 0 Å². The van der Waals surface area contributed by atoms with Crippen LogP contribution in [0.15, 0.2) is 0 Å². The number of hydrogen-bond acceptors (Lipinski definition) is 3. The maximum Gasteiger partial charge on any atom is 0.0113 e. The molecule has 0 spiro atoms. The van der Waals surface area contributed by atoms with Gasteiger partial charge in [0.05, 0.1) is 0 Å². The zero-order valence-electron chi connectivity index (χ0n) is 11.8. The lowest BCUT2D eigenvalue weighted by Crippen LogP contribution is -2.45. The number of nitrogens with one attached hydrogen (secondary N) is 1. The van der Waals surface area contributed by atoms with Gasteiger partial charge in [-0.3, -0.25) is 0 Å². The summed E-state index contributed by atoms with van der Waals surface area (Å²) in [4.78, 5) is 5.09. The van der Waals surface area contributed by atoms with Crippen LogP contribution < -0.4 is 5.32 Å². The molecular weight excluding hydrogens is 210 g/mol. The van der Waals surface area contributed by atoms with Crippen LogP contribution in [0.4, 0.5) is 0 Å². The molecule has 1 aliphatic carbocycles. The molecule has 2 atom stereocenters. The second-order valence-electron chi connectivity index (χ2n) is 6.08. The molecule has 100 valence electrons. The Morgan fingerprint density at radius 3 is 2.41 bits per heavy atom. The summed E-state index contributed by atoms with van der Waals surface area (Å²) in [5, 5.41) is 3.50. The monoisotopic (exact) mass is 239 g/mol. The van der Waals surface area contributed by atoms with Crippen LogP contribution in [0.2, 0.25) is 0 Å². The zero-order valence-corrected chi connectivity index (χ0v) is 11.8. The van der Waals surface area contributed by atoms with Crippen molar-refractivity contribution >= 4 is 0 Å². The van der Waals surface area contributed by atoms with Crippen molar-refractivity contribution in [2.75, 3.05) is 40.8 Å². The van der Waals surface area contributed by atoms with Crippen molar-refractivity contribution < 1.29 is 0 Å². The third-order valence-electron chi connectivity index (χ3n) is 4.81. The van der Waals surface area contributed by atoms with Crippen molar-refractivity contribution in [3.05, 3.63) is 0 Å². The van der Waals surface area contributed by atoms with E-state index in [0.717, 1.165) is 18.0 Å². The molecular formula is C14H29N3. The van der Waals surface area contributed by atoms with Gasteiger partial charge in [-0.25, -0.2) is 0 Å². The first-order valence-corrected chi connectivity index (χ1v) is 7.26. The van der Waals surface area contributed by atoms with Gasteiger partial charge >= 0.3 is 0 Å². The Morgan fingerprint density at radius 1 is 1.12 bits per heavy atom. The Labute approximate surface area is 107 Å². The lowest BCUT2D eigenvalue weighted by molar-refractivity contribution is 0.126. The standard InChI is InChI=1S/C14H29N3/c1-15-14-6-4-5-12(14)11-17-9-7-13(8-10-17)16(2)3/h12-15H,4-11H2,1-3H3. The Hall–Kier alpha value is -0.120. The summed E-state index contributed by atoms with van der Waals surface area (Å²) < 4.78 is 0. The molecule has 0 aromatic heterocycles. The van der Waals surface area contributed by atoms with Crippen LogP contribution in [-0.2, 0) is 0 Å². The Balaban J connectivity index is 1.74. The minimum atomic E-state index is 0.779. The van der Waals surface area contributed by atoms with E-state index in [4.69, 9.17) is 0 Å². The summed E-state index contributed by atoms with van der Waals surface area (Å²) in [6.07, 6.45) is 6.94. The predicted molar refractivity (Wildman–Crippen MR) is 73.3 cm³/mol. The third-order valence-corrected chi connectivity index (χ3v) is 4.81. The smallest absolute Gasteiger partial charge is 0.0113 e. The molecule has 0 aromatic rings. The van der Waals surface area contributed by atoms with Crippen molar-refractivity contribution in [2.45, 2.75) is 44.2 Å². The largest absolute Gasteiger partial charge is 0.317 e. The highest BCUT2D eigenvalue weighted by molar-refractivity contribution is 4.86. The molecule has 17 heavy (non-hydrogen) atoms. The predicted octanol–water partition coefficient (Wildman–Crippen LogP) is 1.40. The van der Waals surface area contributed by atoms with Crippen molar-refractivity contribution in [2.24, 2.45) is 5.92 Å². The second-order valence-corrected chi connectivity index (χ2v) is 6.08. The number of likely N-dealkylation sites (tertiary alicyclic amines) is 1. The highest BCUT2D eigenvalue weighted by Crippen LogP contribution is 2.27. The normalized spacial score (nSPS) is 32.5. The van der Waals surface area contributed by atoms with Gasteiger partial charge in [0.1, 0.15) is 0 Å². The maximum atomic E-state index is 3.50. The van der Waals surface area contributed by atoms with Gasteiger partial charge in [0, 0.05) is 18.6 Å². The first-order chi connectivity index (χ1) is 8.20. The highest BCUT2D eigenvalue weighted by atomic mass is 15.2. The fourth-order valence-electron chi connectivity index (χ4n) is 3.59.